The summed E-state index contributed by atoms with van der Waals surface area (Å²) in [7, 11) is -0.574. The van der Waals surface area contributed by atoms with Gasteiger partial charge in [-0.1, -0.05) is 29.7 Å². The first-order chi connectivity index (χ1) is 12.0. The molecule has 6 nitrogen and oxygen atoms in total. The summed E-state index contributed by atoms with van der Waals surface area (Å²) < 4.78 is 9.35. The van der Waals surface area contributed by atoms with E-state index in [0.29, 0.717) is 22.6 Å². The van der Waals surface area contributed by atoms with E-state index in [4.69, 9.17) is 10.0 Å². The Hall–Kier alpha value is -2.98. The minimum absolute atomic E-state index is 0.00261. The van der Waals surface area contributed by atoms with Crippen LogP contribution in [0.1, 0.15) is 18.2 Å². The largest absolute Gasteiger partial charge is 0.493 e. The van der Waals surface area contributed by atoms with Crippen LogP contribution in [0.2, 0.25) is 0 Å². The second-order valence-electron chi connectivity index (χ2n) is 5.42. The monoisotopic (exact) mass is 351 g/mol. The molecule has 1 atom stereocenters. The van der Waals surface area contributed by atoms with E-state index in [9.17, 15) is 5.11 Å². The van der Waals surface area contributed by atoms with Crippen LogP contribution in [0.5, 0.6) is 5.88 Å². The number of nitriles is 1. The minimum atomic E-state index is -0.574. The number of benzene rings is 1. The van der Waals surface area contributed by atoms with Gasteiger partial charge in [-0.15, -0.1) is 0 Å². The van der Waals surface area contributed by atoms with Gasteiger partial charge in [0.15, 0.2) is 5.82 Å². The van der Waals surface area contributed by atoms with E-state index in [1.165, 1.54) is 4.68 Å². The third-order valence-corrected chi connectivity index (χ3v) is 5.24. The molecule has 0 bridgehead atoms. The van der Waals surface area contributed by atoms with Crippen LogP contribution < -0.4 is 0 Å². The lowest BCUT2D eigenvalue weighted by atomic mass is 10.0. The summed E-state index contributed by atoms with van der Waals surface area (Å²) in [6, 6.07) is 12.7. The normalized spacial score (nSPS) is 11.9. The lowest BCUT2D eigenvalue weighted by molar-refractivity contribution is 0.433. The summed E-state index contributed by atoms with van der Waals surface area (Å²) in [4.78, 5) is 5.20. The van der Waals surface area contributed by atoms with E-state index in [0.717, 1.165) is 16.2 Å². The van der Waals surface area contributed by atoms with Crippen LogP contribution in [0.3, 0.4) is 0 Å². The molecule has 3 rings (SSSR count). The molecule has 0 amide bonds. The van der Waals surface area contributed by atoms with Gasteiger partial charge in [-0.3, -0.25) is 4.78 Å². The zero-order valence-corrected chi connectivity index (χ0v) is 14.7. The summed E-state index contributed by atoms with van der Waals surface area (Å²) in [6.45, 7) is 3.78. The summed E-state index contributed by atoms with van der Waals surface area (Å²) in [5, 5.41) is 23.9. The standard InChI is InChI=1S/C18H17N5OS/c1-3-25(20)15-8-9-16(21-11-15)23-18(24)17(12(2)22-23)14-6-4-13(10-19)5-7-14/h4-9,11,20,24H,3H2,1-2H3. The second-order valence-corrected chi connectivity index (χ2v) is 7.25. The van der Waals surface area contributed by atoms with E-state index in [-0.39, 0.29) is 5.88 Å². The highest BCUT2D eigenvalue weighted by atomic mass is 32.2. The summed E-state index contributed by atoms with van der Waals surface area (Å²) >= 11 is 0. The van der Waals surface area contributed by atoms with Gasteiger partial charge in [-0.25, -0.2) is 4.98 Å². The average Bonchev–Trinajstić information content (AvgIpc) is 2.95. The van der Waals surface area contributed by atoms with E-state index in [1.807, 2.05) is 19.9 Å². The van der Waals surface area contributed by atoms with Crippen molar-refractivity contribution < 1.29 is 5.11 Å². The number of aryl methyl sites for hydroxylation is 1. The maximum atomic E-state index is 10.6. The van der Waals surface area contributed by atoms with Gasteiger partial charge in [-0.2, -0.15) is 15.0 Å². The molecular formula is C18H17N5OS. The third kappa shape index (κ3) is 3.16. The highest BCUT2D eigenvalue weighted by molar-refractivity contribution is 7.86. The zero-order valence-electron chi connectivity index (χ0n) is 13.9. The molecule has 0 aliphatic carbocycles. The minimum Gasteiger partial charge on any atom is -0.493 e. The average molecular weight is 351 g/mol. The number of hydrogen-bond donors (Lipinski definition) is 2. The van der Waals surface area contributed by atoms with Crippen LogP contribution in [-0.4, -0.2) is 25.6 Å². The lowest BCUT2D eigenvalue weighted by Crippen LogP contribution is -2.01. The lowest BCUT2D eigenvalue weighted by Gasteiger charge is -2.06. The van der Waals surface area contributed by atoms with Crippen molar-refractivity contribution in [3.8, 4) is 28.9 Å². The molecule has 3 aromatic rings. The molecular weight excluding hydrogens is 334 g/mol. The SMILES string of the molecule is CCS(=N)c1ccc(-n2nc(C)c(-c3ccc(C#N)cc3)c2O)nc1. The maximum Gasteiger partial charge on any atom is 0.223 e. The van der Waals surface area contributed by atoms with Gasteiger partial charge in [-0.05, 0) is 36.8 Å². The Morgan fingerprint density at radius 3 is 2.52 bits per heavy atom. The molecule has 25 heavy (non-hydrogen) atoms. The van der Waals surface area contributed by atoms with Crippen molar-refractivity contribution in [2.24, 2.45) is 0 Å². The fourth-order valence-corrected chi connectivity index (χ4v) is 3.28. The molecule has 1 aromatic carbocycles. The van der Waals surface area contributed by atoms with Gasteiger partial charge in [0.05, 0.1) is 22.9 Å². The number of pyridine rings is 1. The van der Waals surface area contributed by atoms with Gasteiger partial charge >= 0.3 is 0 Å². The van der Waals surface area contributed by atoms with Crippen molar-refractivity contribution in [3.05, 3.63) is 53.9 Å². The highest BCUT2D eigenvalue weighted by Crippen LogP contribution is 2.33. The molecule has 0 radical (unpaired) electrons. The number of hydrogen-bond acceptors (Lipinski definition) is 5. The Morgan fingerprint density at radius 1 is 1.24 bits per heavy atom. The molecule has 7 heteroatoms. The van der Waals surface area contributed by atoms with Crippen LogP contribution >= 0.6 is 0 Å². The van der Waals surface area contributed by atoms with Crippen molar-refractivity contribution in [2.75, 3.05) is 5.75 Å². The fraction of sp³-hybridized carbons (Fsp3) is 0.167. The van der Waals surface area contributed by atoms with Gasteiger partial charge in [0, 0.05) is 16.8 Å². The zero-order chi connectivity index (χ0) is 18.0. The number of aromatic nitrogens is 3. The van der Waals surface area contributed by atoms with Crippen molar-refractivity contribution in [1.82, 2.24) is 14.8 Å². The first kappa shape index (κ1) is 16.9. The van der Waals surface area contributed by atoms with E-state index in [2.05, 4.69) is 16.2 Å². The number of rotatable bonds is 4. The molecule has 2 aromatic heterocycles. The fourth-order valence-electron chi connectivity index (χ4n) is 2.53. The molecule has 0 saturated carbocycles. The Kier molecular flexibility index (Phi) is 4.63. The van der Waals surface area contributed by atoms with E-state index >= 15 is 0 Å². The first-order valence-electron chi connectivity index (χ1n) is 7.72. The van der Waals surface area contributed by atoms with E-state index < -0.39 is 10.7 Å². The van der Waals surface area contributed by atoms with Crippen LogP contribution in [0.4, 0.5) is 0 Å². The Labute approximate surface area is 148 Å². The Morgan fingerprint density at radius 2 is 1.96 bits per heavy atom. The van der Waals surface area contributed by atoms with Crippen molar-refractivity contribution >= 4 is 10.7 Å². The quantitative estimate of drug-likeness (QED) is 0.750. The third-order valence-electron chi connectivity index (χ3n) is 3.85. The molecule has 0 fully saturated rings. The Balaban J connectivity index is 2.02. The second kappa shape index (κ2) is 6.87. The number of nitrogens with zero attached hydrogens (tertiary/aromatic N) is 4. The van der Waals surface area contributed by atoms with Crippen molar-refractivity contribution in [3.63, 3.8) is 0 Å². The van der Waals surface area contributed by atoms with Gasteiger partial charge in [0.1, 0.15) is 0 Å². The van der Waals surface area contributed by atoms with Crippen molar-refractivity contribution in [1.29, 1.82) is 10.0 Å². The molecule has 0 aliphatic heterocycles. The molecule has 1 unspecified atom stereocenters. The number of aromatic hydroxyl groups is 1. The highest BCUT2D eigenvalue weighted by Gasteiger charge is 2.18. The summed E-state index contributed by atoms with van der Waals surface area (Å²) in [5.41, 5.74) is 2.63. The Bertz CT molecular complexity index is 968. The van der Waals surface area contributed by atoms with Crippen LogP contribution in [0.15, 0.2) is 47.5 Å². The van der Waals surface area contributed by atoms with Crippen molar-refractivity contribution in [2.45, 2.75) is 18.7 Å². The maximum absolute atomic E-state index is 10.6. The summed E-state index contributed by atoms with van der Waals surface area (Å²) in [6.07, 6.45) is 1.66. The molecule has 0 saturated heterocycles. The molecule has 2 N–H and O–H groups in total. The predicted octanol–water partition coefficient (Wildman–Crippen LogP) is 3.58. The molecule has 0 spiro atoms. The predicted molar refractivity (Wildman–Crippen MR) is 96.8 cm³/mol. The van der Waals surface area contributed by atoms with E-state index in [1.54, 1.807) is 36.5 Å². The molecule has 0 aliphatic rings. The van der Waals surface area contributed by atoms with Crippen LogP contribution in [0.25, 0.3) is 16.9 Å². The van der Waals surface area contributed by atoms with Gasteiger partial charge in [0.25, 0.3) is 0 Å². The smallest absolute Gasteiger partial charge is 0.223 e. The van der Waals surface area contributed by atoms with Gasteiger partial charge in [0.2, 0.25) is 5.88 Å². The van der Waals surface area contributed by atoms with Gasteiger partial charge < -0.3 is 5.11 Å². The molecule has 2 heterocycles. The molecule has 126 valence electrons. The first-order valence-corrected chi connectivity index (χ1v) is 9.12. The van der Waals surface area contributed by atoms with Crippen LogP contribution in [0, 0.1) is 23.0 Å². The topological polar surface area (TPSA) is 98.6 Å². The summed E-state index contributed by atoms with van der Waals surface area (Å²) in [5.74, 6) is 1.25. The van der Waals surface area contributed by atoms with Crippen LogP contribution in [-0.2, 0) is 10.7 Å². The number of nitrogens with one attached hydrogen (secondary N) is 1.